The van der Waals surface area contributed by atoms with Crippen LogP contribution in [0, 0.1) is 0 Å². The minimum absolute atomic E-state index is 0.0939. The van der Waals surface area contributed by atoms with Crippen molar-refractivity contribution in [3.8, 4) is 0 Å². The van der Waals surface area contributed by atoms with Crippen LogP contribution in [0.15, 0.2) is 36.0 Å². The van der Waals surface area contributed by atoms with Gasteiger partial charge in [-0.15, -0.1) is 6.58 Å². The maximum atomic E-state index is 12.3. The van der Waals surface area contributed by atoms with Gasteiger partial charge < -0.3 is 5.32 Å². The Bertz CT molecular complexity index is 550. The quantitative estimate of drug-likeness (QED) is 0.739. The molecule has 0 amide bonds. The third-order valence-electron chi connectivity index (χ3n) is 3.26. The molecule has 2 rings (SSSR count). The summed E-state index contributed by atoms with van der Waals surface area (Å²) in [5, 5.41) is 3.47. The maximum absolute atomic E-state index is 12.3. The van der Waals surface area contributed by atoms with Crippen molar-refractivity contribution in [2.24, 2.45) is 0 Å². The molecule has 6 heteroatoms. The van der Waals surface area contributed by atoms with E-state index in [0.717, 1.165) is 12.1 Å². The first-order valence-electron chi connectivity index (χ1n) is 6.87. The third kappa shape index (κ3) is 3.65. The molecule has 0 unspecified atom stereocenters. The Morgan fingerprint density at radius 1 is 1.50 bits per heavy atom. The highest BCUT2D eigenvalue weighted by molar-refractivity contribution is 7.89. The summed E-state index contributed by atoms with van der Waals surface area (Å²) in [6.45, 7) is 6.82. The van der Waals surface area contributed by atoms with Crippen LogP contribution in [-0.2, 0) is 16.6 Å². The summed E-state index contributed by atoms with van der Waals surface area (Å²) in [6, 6.07) is 4.02. The number of rotatable bonds is 8. The van der Waals surface area contributed by atoms with E-state index in [1.165, 1.54) is 17.1 Å². The summed E-state index contributed by atoms with van der Waals surface area (Å²) < 4.78 is 26.0. The second-order valence-corrected chi connectivity index (χ2v) is 6.79. The average molecular weight is 295 g/mol. The molecule has 110 valence electrons. The Kier molecular flexibility index (Phi) is 4.91. The number of likely N-dealkylation sites (N-methyl/N-ethyl adjacent to an activating group) is 1. The first kappa shape index (κ1) is 15.2. The summed E-state index contributed by atoms with van der Waals surface area (Å²) in [6.07, 6.45) is 5.67. The van der Waals surface area contributed by atoms with Crippen LogP contribution in [0.2, 0.25) is 0 Å². The number of hydrogen-bond acceptors (Lipinski definition) is 4. The molecule has 1 heterocycles. The van der Waals surface area contributed by atoms with Crippen LogP contribution in [0.3, 0.4) is 0 Å². The molecule has 5 nitrogen and oxygen atoms in total. The van der Waals surface area contributed by atoms with Gasteiger partial charge in [0.05, 0.1) is 0 Å². The zero-order valence-corrected chi connectivity index (χ0v) is 12.6. The van der Waals surface area contributed by atoms with E-state index in [2.05, 4.69) is 16.9 Å². The standard InChI is InChI=1S/C14H21N3O2S/c1-3-9-17(4-2)20(18,19)14-8-5-12(11-16-14)10-15-13-6-7-13/h3,5,8,11,13,15H,1,4,6-7,9-10H2,2H3. The summed E-state index contributed by atoms with van der Waals surface area (Å²) in [4.78, 5) is 4.10. The van der Waals surface area contributed by atoms with E-state index in [0.29, 0.717) is 19.1 Å². The van der Waals surface area contributed by atoms with Gasteiger partial charge in [0.25, 0.3) is 10.0 Å². The van der Waals surface area contributed by atoms with E-state index < -0.39 is 10.0 Å². The fraction of sp³-hybridized carbons (Fsp3) is 0.500. The lowest BCUT2D eigenvalue weighted by molar-refractivity contribution is 0.457. The molecule has 1 aliphatic rings. The van der Waals surface area contributed by atoms with Crippen molar-refractivity contribution in [3.05, 3.63) is 36.5 Å². The highest BCUT2D eigenvalue weighted by Crippen LogP contribution is 2.19. The van der Waals surface area contributed by atoms with E-state index >= 15 is 0 Å². The molecule has 0 radical (unpaired) electrons. The average Bonchev–Trinajstić information content (AvgIpc) is 3.27. The fourth-order valence-electron chi connectivity index (χ4n) is 1.89. The van der Waals surface area contributed by atoms with Gasteiger partial charge in [0.15, 0.2) is 5.03 Å². The number of pyridine rings is 1. The van der Waals surface area contributed by atoms with E-state index in [-0.39, 0.29) is 5.03 Å². The third-order valence-corrected chi connectivity index (χ3v) is 5.12. The number of sulfonamides is 1. The van der Waals surface area contributed by atoms with Gasteiger partial charge in [-0.05, 0) is 24.5 Å². The van der Waals surface area contributed by atoms with E-state index in [9.17, 15) is 8.42 Å². The van der Waals surface area contributed by atoms with Crippen LogP contribution < -0.4 is 5.32 Å². The summed E-state index contributed by atoms with van der Waals surface area (Å²) in [5.74, 6) is 0. The molecule has 1 fully saturated rings. The maximum Gasteiger partial charge on any atom is 0.260 e. The van der Waals surface area contributed by atoms with E-state index in [1.54, 1.807) is 25.3 Å². The van der Waals surface area contributed by atoms with Gasteiger partial charge in [-0.3, -0.25) is 0 Å². The molecule has 0 aromatic carbocycles. The van der Waals surface area contributed by atoms with Crippen molar-refractivity contribution in [2.75, 3.05) is 13.1 Å². The molecule has 0 saturated heterocycles. The topological polar surface area (TPSA) is 62.3 Å². The first-order chi connectivity index (χ1) is 9.57. The van der Waals surface area contributed by atoms with Crippen molar-refractivity contribution >= 4 is 10.0 Å². The van der Waals surface area contributed by atoms with Gasteiger partial charge >= 0.3 is 0 Å². The van der Waals surface area contributed by atoms with Crippen molar-refractivity contribution in [2.45, 2.75) is 37.4 Å². The monoisotopic (exact) mass is 295 g/mol. The first-order valence-corrected chi connectivity index (χ1v) is 8.31. The Morgan fingerprint density at radius 2 is 2.25 bits per heavy atom. The van der Waals surface area contributed by atoms with Gasteiger partial charge in [-0.2, -0.15) is 4.31 Å². The molecule has 0 aliphatic heterocycles. The summed E-state index contributed by atoms with van der Waals surface area (Å²) in [5.41, 5.74) is 1.00. The minimum atomic E-state index is -3.52. The van der Waals surface area contributed by atoms with Crippen molar-refractivity contribution in [1.29, 1.82) is 0 Å². The molecule has 20 heavy (non-hydrogen) atoms. The zero-order chi connectivity index (χ0) is 14.6. The molecule has 1 aromatic rings. The molecule has 0 spiro atoms. The minimum Gasteiger partial charge on any atom is -0.310 e. The highest BCUT2D eigenvalue weighted by atomic mass is 32.2. The lowest BCUT2D eigenvalue weighted by Crippen LogP contribution is -2.31. The summed E-state index contributed by atoms with van der Waals surface area (Å²) in [7, 11) is -3.52. The van der Waals surface area contributed by atoms with E-state index in [4.69, 9.17) is 0 Å². The Labute approximate surface area is 120 Å². The lowest BCUT2D eigenvalue weighted by atomic mass is 10.3. The van der Waals surface area contributed by atoms with Gasteiger partial charge in [-0.1, -0.05) is 19.1 Å². The predicted molar refractivity (Wildman–Crippen MR) is 78.7 cm³/mol. The van der Waals surface area contributed by atoms with Gasteiger partial charge in [0.1, 0.15) is 0 Å². The second kappa shape index (κ2) is 6.47. The van der Waals surface area contributed by atoms with Crippen LogP contribution >= 0.6 is 0 Å². The van der Waals surface area contributed by atoms with Crippen LogP contribution in [0.1, 0.15) is 25.3 Å². The molecule has 0 bridgehead atoms. The molecule has 1 aliphatic carbocycles. The van der Waals surface area contributed by atoms with Crippen LogP contribution in [0.25, 0.3) is 0 Å². The summed E-state index contributed by atoms with van der Waals surface area (Å²) >= 11 is 0. The predicted octanol–water partition coefficient (Wildman–Crippen LogP) is 1.53. The SMILES string of the molecule is C=CCN(CC)S(=O)(=O)c1ccc(CNC2CC2)cn1. The number of nitrogens with one attached hydrogen (secondary N) is 1. The van der Waals surface area contributed by atoms with Crippen molar-refractivity contribution < 1.29 is 8.42 Å². The van der Waals surface area contributed by atoms with Gasteiger partial charge in [0, 0.05) is 31.9 Å². The molecular weight excluding hydrogens is 274 g/mol. The molecular formula is C14H21N3O2S. The van der Waals surface area contributed by atoms with E-state index in [1.807, 2.05) is 6.07 Å². The second-order valence-electron chi connectivity index (χ2n) is 4.90. The number of hydrogen-bond donors (Lipinski definition) is 1. The smallest absolute Gasteiger partial charge is 0.260 e. The normalized spacial score (nSPS) is 15.5. The highest BCUT2D eigenvalue weighted by Gasteiger charge is 2.23. The van der Waals surface area contributed by atoms with Gasteiger partial charge in [-0.25, -0.2) is 13.4 Å². The lowest BCUT2D eigenvalue weighted by Gasteiger charge is -2.18. The number of aromatic nitrogens is 1. The van der Waals surface area contributed by atoms with Crippen molar-refractivity contribution in [1.82, 2.24) is 14.6 Å². The van der Waals surface area contributed by atoms with Crippen LogP contribution in [0.5, 0.6) is 0 Å². The van der Waals surface area contributed by atoms with Crippen LogP contribution in [-0.4, -0.2) is 36.8 Å². The largest absolute Gasteiger partial charge is 0.310 e. The van der Waals surface area contributed by atoms with Crippen molar-refractivity contribution in [3.63, 3.8) is 0 Å². The van der Waals surface area contributed by atoms with Crippen LogP contribution in [0.4, 0.5) is 0 Å². The fourth-order valence-corrected chi connectivity index (χ4v) is 3.22. The number of nitrogens with zero attached hydrogens (tertiary/aromatic N) is 2. The molecule has 0 atom stereocenters. The van der Waals surface area contributed by atoms with Gasteiger partial charge in [0.2, 0.25) is 0 Å². The zero-order valence-electron chi connectivity index (χ0n) is 11.7. The Balaban J connectivity index is 2.08. The molecule has 1 saturated carbocycles. The Morgan fingerprint density at radius 3 is 2.75 bits per heavy atom. The molecule has 1 N–H and O–H groups in total. The Hall–Kier alpha value is -1.24. The molecule has 1 aromatic heterocycles.